The molecule has 21 heavy (non-hydrogen) atoms. The number of carboxylic acid groups (broad SMARTS) is 1. The Balaban J connectivity index is 2.04. The van der Waals surface area contributed by atoms with Gasteiger partial charge in [-0.1, -0.05) is 0 Å². The molecule has 7 nitrogen and oxygen atoms in total. The first-order chi connectivity index (χ1) is 9.78. The van der Waals surface area contributed by atoms with Crippen molar-refractivity contribution in [3.05, 3.63) is 0 Å². The Morgan fingerprint density at radius 3 is 2.38 bits per heavy atom. The molecule has 1 amide bonds. The topological polar surface area (TPSA) is 79.3 Å². The number of likely N-dealkylation sites (tertiary alicyclic amines) is 1. The summed E-state index contributed by atoms with van der Waals surface area (Å²) < 4.78 is 10.6. The Bertz CT molecular complexity index is 401. The molecule has 2 saturated heterocycles. The smallest absolute Gasteiger partial charge is 0.411 e. The number of amides is 1. The summed E-state index contributed by atoms with van der Waals surface area (Å²) in [4.78, 5) is 27.2. The van der Waals surface area contributed by atoms with E-state index in [2.05, 4.69) is 4.90 Å². The van der Waals surface area contributed by atoms with E-state index in [9.17, 15) is 14.7 Å². The molecule has 2 atom stereocenters. The fraction of sp³-hybridized carbons (Fsp3) is 0.857. The molecule has 0 bridgehead atoms. The zero-order valence-corrected chi connectivity index (χ0v) is 12.9. The number of nitrogens with zero attached hydrogens (tertiary/aromatic N) is 2. The molecule has 0 saturated carbocycles. The number of hydrogen-bond acceptors (Lipinski definition) is 5. The second kappa shape index (κ2) is 6.19. The molecule has 0 aromatic heterocycles. The molecule has 120 valence electrons. The van der Waals surface area contributed by atoms with Crippen LogP contribution in [-0.2, 0) is 14.3 Å². The van der Waals surface area contributed by atoms with E-state index in [1.54, 1.807) is 20.8 Å². The van der Waals surface area contributed by atoms with Gasteiger partial charge in [0.25, 0.3) is 0 Å². The minimum atomic E-state index is -0.975. The van der Waals surface area contributed by atoms with Crippen LogP contribution in [0.1, 0.15) is 27.2 Å². The fourth-order valence-electron chi connectivity index (χ4n) is 2.78. The predicted molar refractivity (Wildman–Crippen MR) is 75.2 cm³/mol. The lowest BCUT2D eigenvalue weighted by Gasteiger charge is -2.32. The predicted octanol–water partition coefficient (Wildman–Crippen LogP) is 0.781. The van der Waals surface area contributed by atoms with Crippen LogP contribution in [0.25, 0.3) is 0 Å². The van der Waals surface area contributed by atoms with Gasteiger partial charge in [0.2, 0.25) is 0 Å². The molecule has 0 aliphatic carbocycles. The van der Waals surface area contributed by atoms with Gasteiger partial charge in [0.15, 0.2) is 0 Å². The highest BCUT2D eigenvalue weighted by molar-refractivity contribution is 5.81. The lowest BCUT2D eigenvalue weighted by atomic mass is 10.1. The van der Waals surface area contributed by atoms with Gasteiger partial charge >= 0.3 is 12.1 Å². The van der Waals surface area contributed by atoms with E-state index in [0.29, 0.717) is 26.2 Å². The summed E-state index contributed by atoms with van der Waals surface area (Å²) in [7, 11) is 0. The van der Waals surface area contributed by atoms with Gasteiger partial charge < -0.3 is 14.6 Å². The molecule has 2 fully saturated rings. The monoisotopic (exact) mass is 300 g/mol. The Hall–Kier alpha value is -1.34. The maximum atomic E-state index is 12.2. The molecular formula is C14H24N2O5. The number of carboxylic acids is 1. The molecule has 0 radical (unpaired) electrons. The quantitative estimate of drug-likeness (QED) is 0.812. The van der Waals surface area contributed by atoms with E-state index in [-0.39, 0.29) is 6.04 Å². The minimum Gasteiger partial charge on any atom is -0.480 e. The molecule has 2 aliphatic rings. The number of hydrogen-bond donors (Lipinski definition) is 1. The number of rotatable bonds is 2. The molecule has 2 aliphatic heterocycles. The second-order valence-corrected chi connectivity index (χ2v) is 6.52. The lowest BCUT2D eigenvalue weighted by molar-refractivity contribution is -0.142. The normalized spacial score (nSPS) is 27.7. The average molecular weight is 300 g/mol. The first-order valence-electron chi connectivity index (χ1n) is 7.32. The zero-order valence-electron chi connectivity index (χ0n) is 12.9. The van der Waals surface area contributed by atoms with Crippen molar-refractivity contribution in [3.63, 3.8) is 0 Å². The summed E-state index contributed by atoms with van der Waals surface area (Å²) in [5, 5.41) is 9.35. The highest BCUT2D eigenvalue weighted by atomic mass is 16.6. The van der Waals surface area contributed by atoms with Gasteiger partial charge in [-0.05, 0) is 27.2 Å². The van der Waals surface area contributed by atoms with Crippen molar-refractivity contribution in [1.29, 1.82) is 0 Å². The maximum Gasteiger partial charge on any atom is 0.411 e. The summed E-state index contributed by atoms with van der Waals surface area (Å²) in [6.07, 6.45) is -0.111. The maximum absolute atomic E-state index is 12.2. The minimum absolute atomic E-state index is 0.0579. The molecule has 0 aromatic carbocycles. The Labute approximate surface area is 124 Å². The highest BCUT2D eigenvalue weighted by Crippen LogP contribution is 2.25. The molecule has 7 heteroatoms. The van der Waals surface area contributed by atoms with Crippen LogP contribution >= 0.6 is 0 Å². The zero-order chi connectivity index (χ0) is 15.6. The van der Waals surface area contributed by atoms with Crippen molar-refractivity contribution in [2.45, 2.75) is 44.9 Å². The average Bonchev–Trinajstić information content (AvgIpc) is 2.83. The molecular weight excluding hydrogens is 276 g/mol. The number of aliphatic carboxylic acids is 1. The summed E-state index contributed by atoms with van der Waals surface area (Å²) in [5.41, 5.74) is -0.628. The van der Waals surface area contributed by atoms with Crippen LogP contribution in [0.4, 0.5) is 4.79 Å². The van der Waals surface area contributed by atoms with Crippen LogP contribution in [0.3, 0.4) is 0 Å². The van der Waals surface area contributed by atoms with Crippen molar-refractivity contribution < 1.29 is 24.2 Å². The Morgan fingerprint density at radius 2 is 1.86 bits per heavy atom. The van der Waals surface area contributed by atoms with Crippen molar-refractivity contribution in [2.75, 3.05) is 32.8 Å². The molecule has 0 aromatic rings. The van der Waals surface area contributed by atoms with Crippen LogP contribution in [0.5, 0.6) is 0 Å². The molecule has 0 spiro atoms. The van der Waals surface area contributed by atoms with Crippen molar-refractivity contribution in [2.24, 2.45) is 0 Å². The Morgan fingerprint density at radius 1 is 1.24 bits per heavy atom. The van der Waals surface area contributed by atoms with Gasteiger partial charge in [0.05, 0.1) is 13.2 Å². The van der Waals surface area contributed by atoms with E-state index in [0.717, 1.165) is 13.1 Å². The highest BCUT2D eigenvalue weighted by Gasteiger charge is 2.43. The van der Waals surface area contributed by atoms with Crippen LogP contribution in [-0.4, -0.2) is 77.5 Å². The summed E-state index contributed by atoms with van der Waals surface area (Å²) >= 11 is 0. The third kappa shape index (κ3) is 4.07. The first kappa shape index (κ1) is 16.0. The third-order valence-electron chi connectivity index (χ3n) is 3.75. The van der Waals surface area contributed by atoms with Gasteiger partial charge in [0, 0.05) is 25.7 Å². The summed E-state index contributed by atoms with van der Waals surface area (Å²) in [5.74, 6) is -0.975. The van der Waals surface area contributed by atoms with Gasteiger partial charge in [0.1, 0.15) is 11.6 Å². The molecule has 1 N–H and O–H groups in total. The van der Waals surface area contributed by atoms with Crippen molar-refractivity contribution in [3.8, 4) is 0 Å². The fourth-order valence-corrected chi connectivity index (χ4v) is 2.78. The van der Waals surface area contributed by atoms with Crippen LogP contribution in [0, 0.1) is 0 Å². The number of carbonyl (C=O) groups excluding carboxylic acids is 1. The van der Waals surface area contributed by atoms with Gasteiger partial charge in [-0.25, -0.2) is 9.59 Å². The van der Waals surface area contributed by atoms with Crippen LogP contribution in [0.2, 0.25) is 0 Å². The van der Waals surface area contributed by atoms with Crippen molar-refractivity contribution >= 4 is 12.1 Å². The van der Waals surface area contributed by atoms with Crippen LogP contribution < -0.4 is 0 Å². The van der Waals surface area contributed by atoms with Crippen LogP contribution in [0.15, 0.2) is 0 Å². The van der Waals surface area contributed by atoms with E-state index >= 15 is 0 Å². The second-order valence-electron chi connectivity index (χ2n) is 6.52. The summed E-state index contributed by atoms with van der Waals surface area (Å²) in [6.45, 7) is 8.58. The van der Waals surface area contributed by atoms with Gasteiger partial charge in [-0.15, -0.1) is 0 Å². The molecule has 0 unspecified atom stereocenters. The van der Waals surface area contributed by atoms with Crippen molar-refractivity contribution in [1.82, 2.24) is 9.80 Å². The number of ether oxygens (including phenoxy) is 2. The number of morpholine rings is 1. The van der Waals surface area contributed by atoms with E-state index in [4.69, 9.17) is 9.47 Å². The van der Waals surface area contributed by atoms with Gasteiger partial charge in [-0.3, -0.25) is 9.80 Å². The largest absolute Gasteiger partial charge is 0.480 e. The lowest BCUT2D eigenvalue weighted by Crippen LogP contribution is -2.46. The summed E-state index contributed by atoms with van der Waals surface area (Å²) in [6, 6.07) is -0.754. The third-order valence-corrected chi connectivity index (χ3v) is 3.75. The molecule has 2 rings (SSSR count). The van der Waals surface area contributed by atoms with E-state index in [1.165, 1.54) is 4.90 Å². The molecule has 2 heterocycles. The standard InChI is InChI=1S/C14H24N2O5/c1-14(2,3)21-13(19)16-9-10(8-11(16)12(17)18)15-4-6-20-7-5-15/h10-11H,4-9H2,1-3H3,(H,17,18)/t10-,11-/m0/s1. The SMILES string of the molecule is CC(C)(C)OC(=O)N1C[C@@H](N2CCOCC2)C[C@H]1C(=O)O. The number of carbonyl (C=O) groups is 2. The first-order valence-corrected chi connectivity index (χ1v) is 7.32. The van der Waals surface area contributed by atoms with E-state index < -0.39 is 23.7 Å². The van der Waals surface area contributed by atoms with E-state index in [1.807, 2.05) is 0 Å². The Kier molecular flexibility index (Phi) is 4.73. The van der Waals surface area contributed by atoms with Gasteiger partial charge in [-0.2, -0.15) is 0 Å².